The van der Waals surface area contributed by atoms with E-state index in [1.54, 1.807) is 26.4 Å². The number of carboxylic acids is 1. The van der Waals surface area contributed by atoms with Crippen LogP contribution in [-0.2, 0) is 28.2 Å². The van der Waals surface area contributed by atoms with E-state index in [1.807, 2.05) is 41.1 Å². The van der Waals surface area contributed by atoms with Crippen LogP contribution in [0.25, 0.3) is 11.1 Å². The molecule has 0 spiro atoms. The Morgan fingerprint density at radius 2 is 1.66 bits per heavy atom. The zero-order valence-electron chi connectivity index (χ0n) is 21.3. The SMILES string of the molecule is CCCCCn1nc(C(CCCC)(OC)OC)nc1Cc1ccc(-c2ccccc2C(=O)O)cc1. The number of aromatic nitrogens is 3. The van der Waals surface area contributed by atoms with Gasteiger partial charge in [0.1, 0.15) is 5.82 Å². The van der Waals surface area contributed by atoms with Gasteiger partial charge in [-0.3, -0.25) is 0 Å². The summed E-state index contributed by atoms with van der Waals surface area (Å²) in [5.74, 6) is -0.454. The number of carboxylic acid groups (broad SMARTS) is 1. The molecular formula is C28H37N3O4. The van der Waals surface area contributed by atoms with Gasteiger partial charge in [0.15, 0.2) is 0 Å². The highest BCUT2D eigenvalue weighted by Gasteiger charge is 2.37. The van der Waals surface area contributed by atoms with Crippen molar-refractivity contribution in [3.63, 3.8) is 0 Å². The first-order valence-electron chi connectivity index (χ1n) is 12.4. The molecule has 188 valence electrons. The molecule has 0 aliphatic heterocycles. The number of rotatable bonds is 14. The van der Waals surface area contributed by atoms with Crippen LogP contribution in [0, 0.1) is 0 Å². The summed E-state index contributed by atoms with van der Waals surface area (Å²) in [5.41, 5.74) is 2.95. The number of benzene rings is 2. The molecule has 35 heavy (non-hydrogen) atoms. The van der Waals surface area contributed by atoms with Gasteiger partial charge in [0, 0.05) is 33.6 Å². The molecule has 0 bridgehead atoms. The summed E-state index contributed by atoms with van der Waals surface area (Å²) in [6, 6.07) is 15.0. The molecule has 0 saturated carbocycles. The molecule has 3 aromatic rings. The highest BCUT2D eigenvalue weighted by Crippen LogP contribution is 2.30. The number of aromatic carboxylic acids is 1. The van der Waals surface area contributed by atoms with Crippen LogP contribution in [-0.4, -0.2) is 40.1 Å². The van der Waals surface area contributed by atoms with E-state index in [9.17, 15) is 9.90 Å². The number of carbonyl (C=O) groups is 1. The lowest BCUT2D eigenvalue weighted by molar-refractivity contribution is -0.226. The molecule has 0 aliphatic carbocycles. The van der Waals surface area contributed by atoms with Crippen LogP contribution >= 0.6 is 0 Å². The Bertz CT molecular complexity index is 1090. The van der Waals surface area contributed by atoms with Crippen molar-refractivity contribution in [1.29, 1.82) is 0 Å². The van der Waals surface area contributed by atoms with Crippen molar-refractivity contribution in [3.05, 3.63) is 71.3 Å². The molecule has 1 aromatic heterocycles. The fraction of sp³-hybridized carbons (Fsp3) is 0.464. The highest BCUT2D eigenvalue weighted by atomic mass is 16.7. The fourth-order valence-electron chi connectivity index (χ4n) is 4.25. The van der Waals surface area contributed by atoms with Crippen LogP contribution in [0.3, 0.4) is 0 Å². The van der Waals surface area contributed by atoms with Crippen LogP contribution in [0.1, 0.15) is 79.9 Å². The predicted molar refractivity (Wildman–Crippen MR) is 136 cm³/mol. The minimum atomic E-state index is -0.953. The Morgan fingerprint density at radius 3 is 2.29 bits per heavy atom. The molecular weight excluding hydrogens is 442 g/mol. The Kier molecular flexibility index (Phi) is 9.57. The van der Waals surface area contributed by atoms with Gasteiger partial charge in [-0.25, -0.2) is 14.5 Å². The number of hydrogen-bond donors (Lipinski definition) is 1. The summed E-state index contributed by atoms with van der Waals surface area (Å²) < 4.78 is 13.6. The van der Waals surface area contributed by atoms with E-state index in [2.05, 4.69) is 13.8 Å². The normalized spacial score (nSPS) is 11.7. The van der Waals surface area contributed by atoms with Gasteiger partial charge in [-0.05, 0) is 35.6 Å². The monoisotopic (exact) mass is 479 g/mol. The summed E-state index contributed by atoms with van der Waals surface area (Å²) in [5, 5.41) is 14.4. The molecule has 0 saturated heterocycles. The first-order valence-corrected chi connectivity index (χ1v) is 12.4. The summed E-state index contributed by atoms with van der Waals surface area (Å²) in [7, 11) is 3.29. The van der Waals surface area contributed by atoms with E-state index < -0.39 is 11.8 Å². The first kappa shape index (κ1) is 26.6. The number of ether oxygens (including phenoxy) is 2. The second-order valence-corrected chi connectivity index (χ2v) is 8.77. The topological polar surface area (TPSA) is 86.5 Å². The largest absolute Gasteiger partial charge is 0.478 e. The van der Waals surface area contributed by atoms with Crippen LogP contribution in [0.2, 0.25) is 0 Å². The molecule has 2 aromatic carbocycles. The molecule has 0 atom stereocenters. The lowest BCUT2D eigenvalue weighted by Crippen LogP contribution is -2.32. The summed E-state index contributed by atoms with van der Waals surface area (Å²) >= 11 is 0. The van der Waals surface area contributed by atoms with E-state index in [4.69, 9.17) is 19.6 Å². The van der Waals surface area contributed by atoms with Crippen molar-refractivity contribution in [2.75, 3.05) is 14.2 Å². The molecule has 1 heterocycles. The average molecular weight is 480 g/mol. The lowest BCUT2D eigenvalue weighted by Gasteiger charge is -2.27. The van der Waals surface area contributed by atoms with Gasteiger partial charge in [-0.2, -0.15) is 5.10 Å². The zero-order chi connectivity index (χ0) is 25.3. The number of unbranched alkanes of at least 4 members (excludes halogenated alkanes) is 3. The zero-order valence-corrected chi connectivity index (χ0v) is 21.3. The van der Waals surface area contributed by atoms with Crippen LogP contribution in [0.5, 0.6) is 0 Å². The quantitative estimate of drug-likeness (QED) is 0.223. The standard InChI is InChI=1S/C28H37N3O4/c1-5-7-11-19-31-25(29-27(30-31)28(34-3,35-4)18-8-6-2)20-21-14-16-22(17-15-21)23-12-9-10-13-24(23)26(32)33/h9-10,12-17H,5-8,11,18-20H2,1-4H3,(H,32,33). The molecule has 0 aliphatic rings. The molecule has 0 unspecified atom stereocenters. The Hall–Kier alpha value is -3.03. The summed E-state index contributed by atoms with van der Waals surface area (Å²) in [6.45, 7) is 5.11. The molecule has 0 fully saturated rings. The van der Waals surface area contributed by atoms with Crippen molar-refractivity contribution in [1.82, 2.24) is 14.8 Å². The van der Waals surface area contributed by atoms with Gasteiger partial charge < -0.3 is 14.6 Å². The third kappa shape index (κ3) is 6.35. The molecule has 1 N–H and O–H groups in total. The second kappa shape index (κ2) is 12.6. The summed E-state index contributed by atoms with van der Waals surface area (Å²) in [6.07, 6.45) is 6.55. The van der Waals surface area contributed by atoms with Crippen molar-refractivity contribution in [2.24, 2.45) is 0 Å². The van der Waals surface area contributed by atoms with Crippen molar-refractivity contribution < 1.29 is 19.4 Å². The Balaban J connectivity index is 1.90. The maximum atomic E-state index is 11.6. The van der Waals surface area contributed by atoms with Gasteiger partial charge in [-0.1, -0.05) is 75.6 Å². The number of nitrogens with zero attached hydrogens (tertiary/aromatic N) is 3. The van der Waals surface area contributed by atoms with Crippen LogP contribution < -0.4 is 0 Å². The molecule has 7 heteroatoms. The van der Waals surface area contributed by atoms with Gasteiger partial charge in [0.05, 0.1) is 5.56 Å². The molecule has 0 amide bonds. The van der Waals surface area contributed by atoms with Gasteiger partial charge >= 0.3 is 5.97 Å². The van der Waals surface area contributed by atoms with E-state index in [0.717, 1.165) is 55.6 Å². The lowest BCUT2D eigenvalue weighted by atomic mass is 9.98. The van der Waals surface area contributed by atoms with Crippen molar-refractivity contribution in [3.8, 4) is 11.1 Å². The number of hydrogen-bond acceptors (Lipinski definition) is 5. The van der Waals surface area contributed by atoms with Gasteiger partial charge in [0.2, 0.25) is 11.6 Å². The van der Waals surface area contributed by atoms with E-state index in [0.29, 0.717) is 29.8 Å². The first-order chi connectivity index (χ1) is 17.0. The average Bonchev–Trinajstić information content (AvgIpc) is 3.28. The molecule has 7 nitrogen and oxygen atoms in total. The number of aryl methyl sites for hydroxylation is 1. The minimum Gasteiger partial charge on any atom is -0.478 e. The minimum absolute atomic E-state index is 0.295. The van der Waals surface area contributed by atoms with Crippen LogP contribution in [0.4, 0.5) is 0 Å². The number of methoxy groups -OCH3 is 2. The maximum absolute atomic E-state index is 11.6. The smallest absolute Gasteiger partial charge is 0.336 e. The highest BCUT2D eigenvalue weighted by molar-refractivity contribution is 5.95. The van der Waals surface area contributed by atoms with E-state index in [1.165, 1.54) is 0 Å². The molecule has 0 radical (unpaired) electrons. The fourth-order valence-corrected chi connectivity index (χ4v) is 4.25. The van der Waals surface area contributed by atoms with Crippen LogP contribution in [0.15, 0.2) is 48.5 Å². The third-order valence-electron chi connectivity index (χ3n) is 6.37. The van der Waals surface area contributed by atoms with Crippen molar-refractivity contribution >= 4 is 5.97 Å². The Morgan fingerprint density at radius 1 is 0.971 bits per heavy atom. The van der Waals surface area contributed by atoms with E-state index in [-0.39, 0.29) is 0 Å². The molecule has 3 rings (SSSR count). The summed E-state index contributed by atoms with van der Waals surface area (Å²) in [4.78, 5) is 16.5. The Labute approximate surface area is 208 Å². The van der Waals surface area contributed by atoms with Gasteiger partial charge in [0.25, 0.3) is 0 Å². The maximum Gasteiger partial charge on any atom is 0.336 e. The van der Waals surface area contributed by atoms with Crippen molar-refractivity contribution in [2.45, 2.75) is 71.1 Å². The third-order valence-corrected chi connectivity index (χ3v) is 6.37. The predicted octanol–water partition coefficient (Wildman–Crippen LogP) is 6.06. The second-order valence-electron chi connectivity index (χ2n) is 8.77. The van der Waals surface area contributed by atoms with E-state index >= 15 is 0 Å². The van der Waals surface area contributed by atoms with Gasteiger partial charge in [-0.15, -0.1) is 0 Å².